The Kier molecular flexibility index (Phi) is 3.33. The molecule has 0 unspecified atom stereocenters. The number of imidazole rings is 1. The molecule has 1 aromatic rings. The minimum Gasteiger partial charge on any atom is -0.493 e. The number of hydrogen-bond acceptors (Lipinski definition) is 4. The number of primary amides is 1. The summed E-state index contributed by atoms with van der Waals surface area (Å²) < 4.78 is 1.06. The van der Waals surface area contributed by atoms with Gasteiger partial charge < -0.3 is 15.7 Å². The molecule has 0 aliphatic carbocycles. The highest BCUT2D eigenvalue weighted by atomic mass is 16.3. The Hall–Kier alpha value is -2.25. The zero-order valence-corrected chi connectivity index (χ0v) is 8.64. The lowest BCUT2D eigenvalue weighted by atomic mass is 10.5. The van der Waals surface area contributed by atoms with Crippen LogP contribution in [0.25, 0.3) is 0 Å². The van der Waals surface area contributed by atoms with E-state index in [9.17, 15) is 14.4 Å². The monoisotopic (exact) mass is 228 g/mol. The van der Waals surface area contributed by atoms with Crippen molar-refractivity contribution in [3.8, 4) is 5.88 Å². The van der Waals surface area contributed by atoms with Crippen LogP contribution in [0.4, 0.5) is 0 Å². The van der Waals surface area contributed by atoms with E-state index in [0.717, 1.165) is 15.7 Å². The molecule has 0 bridgehead atoms. The maximum Gasteiger partial charge on any atom is 0.329 e. The van der Waals surface area contributed by atoms with Crippen molar-refractivity contribution in [1.82, 2.24) is 14.5 Å². The maximum atomic E-state index is 11.2. The number of rotatable bonds is 4. The number of H-pyrrole nitrogens is 1. The van der Waals surface area contributed by atoms with Crippen LogP contribution in [0.2, 0.25) is 0 Å². The Morgan fingerprint density at radius 2 is 2.25 bits per heavy atom. The van der Waals surface area contributed by atoms with E-state index >= 15 is 0 Å². The van der Waals surface area contributed by atoms with Gasteiger partial charge in [0.05, 0.1) is 6.20 Å². The van der Waals surface area contributed by atoms with E-state index in [1.807, 2.05) is 0 Å². The SMILES string of the molecule is CC(=O)N(CC(N)=O)Cn1cc(O)[nH]c1=O. The molecule has 0 aromatic carbocycles. The molecule has 0 saturated heterocycles. The van der Waals surface area contributed by atoms with Crippen LogP contribution in [0.1, 0.15) is 6.92 Å². The number of aromatic nitrogens is 2. The lowest BCUT2D eigenvalue weighted by molar-refractivity contribution is -0.135. The summed E-state index contributed by atoms with van der Waals surface area (Å²) in [5.74, 6) is -1.39. The molecule has 4 N–H and O–H groups in total. The first-order valence-corrected chi connectivity index (χ1v) is 4.42. The Morgan fingerprint density at radius 3 is 2.62 bits per heavy atom. The molecule has 0 aliphatic rings. The first-order chi connectivity index (χ1) is 7.40. The van der Waals surface area contributed by atoms with Gasteiger partial charge in [-0.1, -0.05) is 0 Å². The summed E-state index contributed by atoms with van der Waals surface area (Å²) in [7, 11) is 0. The van der Waals surface area contributed by atoms with Crippen LogP contribution in [0.15, 0.2) is 11.0 Å². The summed E-state index contributed by atoms with van der Waals surface area (Å²) in [6.07, 6.45) is 1.12. The van der Waals surface area contributed by atoms with Gasteiger partial charge in [0.25, 0.3) is 0 Å². The molecule has 8 heteroatoms. The van der Waals surface area contributed by atoms with E-state index in [-0.39, 0.29) is 19.1 Å². The van der Waals surface area contributed by atoms with Crippen molar-refractivity contribution in [2.75, 3.05) is 6.54 Å². The Labute approximate surface area is 90.3 Å². The van der Waals surface area contributed by atoms with Crippen LogP contribution in [0.5, 0.6) is 5.88 Å². The van der Waals surface area contributed by atoms with Crippen molar-refractivity contribution >= 4 is 11.8 Å². The second kappa shape index (κ2) is 4.51. The van der Waals surface area contributed by atoms with Gasteiger partial charge in [-0.15, -0.1) is 0 Å². The molecule has 0 radical (unpaired) electrons. The minimum absolute atomic E-state index is 0.145. The van der Waals surface area contributed by atoms with Crippen LogP contribution in [-0.2, 0) is 16.3 Å². The van der Waals surface area contributed by atoms with Gasteiger partial charge in [-0.05, 0) is 0 Å². The topological polar surface area (TPSA) is 121 Å². The fourth-order valence-electron chi connectivity index (χ4n) is 1.16. The number of amides is 2. The Morgan fingerprint density at radius 1 is 1.62 bits per heavy atom. The molecular weight excluding hydrogens is 216 g/mol. The zero-order valence-electron chi connectivity index (χ0n) is 8.64. The zero-order chi connectivity index (χ0) is 12.3. The molecule has 16 heavy (non-hydrogen) atoms. The second-order valence-electron chi connectivity index (χ2n) is 3.24. The highest BCUT2D eigenvalue weighted by molar-refractivity contribution is 5.82. The van der Waals surface area contributed by atoms with Crippen molar-refractivity contribution in [3.05, 3.63) is 16.7 Å². The highest BCUT2D eigenvalue weighted by Crippen LogP contribution is 2.00. The summed E-state index contributed by atoms with van der Waals surface area (Å²) in [5, 5.41) is 9.00. The van der Waals surface area contributed by atoms with Crippen LogP contribution in [-0.4, -0.2) is 37.9 Å². The van der Waals surface area contributed by atoms with E-state index in [2.05, 4.69) is 4.98 Å². The number of aromatic amines is 1. The van der Waals surface area contributed by atoms with Crippen LogP contribution < -0.4 is 11.4 Å². The molecule has 1 heterocycles. The van der Waals surface area contributed by atoms with Crippen molar-refractivity contribution in [3.63, 3.8) is 0 Å². The number of nitrogens with zero attached hydrogens (tertiary/aromatic N) is 2. The number of aromatic hydroxyl groups is 1. The fraction of sp³-hybridized carbons (Fsp3) is 0.375. The van der Waals surface area contributed by atoms with Crippen molar-refractivity contribution in [1.29, 1.82) is 0 Å². The van der Waals surface area contributed by atoms with Gasteiger partial charge in [-0.2, -0.15) is 0 Å². The predicted molar refractivity (Wildman–Crippen MR) is 53.3 cm³/mol. The van der Waals surface area contributed by atoms with Gasteiger partial charge in [0.1, 0.15) is 13.2 Å². The summed E-state index contributed by atoms with van der Waals surface area (Å²) in [6.45, 7) is 0.822. The molecule has 0 fully saturated rings. The summed E-state index contributed by atoms with van der Waals surface area (Å²) in [4.78, 5) is 36.2. The Balaban J connectivity index is 2.83. The van der Waals surface area contributed by atoms with E-state index in [0.29, 0.717) is 0 Å². The Bertz CT molecular complexity index is 461. The molecule has 2 amide bonds. The smallest absolute Gasteiger partial charge is 0.329 e. The van der Waals surface area contributed by atoms with Gasteiger partial charge in [0.2, 0.25) is 17.7 Å². The molecule has 1 aromatic heterocycles. The summed E-state index contributed by atoms with van der Waals surface area (Å²) in [5.41, 5.74) is 4.37. The first-order valence-electron chi connectivity index (χ1n) is 4.42. The van der Waals surface area contributed by atoms with Crippen molar-refractivity contribution in [2.24, 2.45) is 5.73 Å². The number of carbonyl (C=O) groups is 2. The van der Waals surface area contributed by atoms with Gasteiger partial charge in [-0.3, -0.25) is 19.1 Å². The summed E-state index contributed by atoms with van der Waals surface area (Å²) in [6, 6.07) is 0. The van der Waals surface area contributed by atoms with Crippen molar-refractivity contribution in [2.45, 2.75) is 13.6 Å². The second-order valence-corrected chi connectivity index (χ2v) is 3.24. The normalized spacial score (nSPS) is 10.1. The van der Waals surface area contributed by atoms with E-state index in [4.69, 9.17) is 10.8 Å². The quantitative estimate of drug-likeness (QED) is 0.561. The molecule has 0 atom stereocenters. The maximum absolute atomic E-state index is 11.2. The summed E-state index contributed by atoms with van der Waals surface area (Å²) >= 11 is 0. The number of nitrogens with one attached hydrogen (secondary N) is 1. The van der Waals surface area contributed by atoms with Crippen LogP contribution in [0, 0.1) is 0 Å². The first kappa shape index (κ1) is 11.8. The van der Waals surface area contributed by atoms with Crippen LogP contribution in [0.3, 0.4) is 0 Å². The highest BCUT2D eigenvalue weighted by Gasteiger charge is 2.13. The van der Waals surface area contributed by atoms with E-state index < -0.39 is 17.5 Å². The number of hydrogen-bond donors (Lipinski definition) is 3. The molecule has 8 nitrogen and oxygen atoms in total. The van der Waals surface area contributed by atoms with Gasteiger partial charge >= 0.3 is 5.69 Å². The van der Waals surface area contributed by atoms with Gasteiger partial charge in [0, 0.05) is 6.92 Å². The van der Waals surface area contributed by atoms with E-state index in [1.54, 1.807) is 0 Å². The average Bonchev–Trinajstić information content (AvgIpc) is 2.43. The lowest BCUT2D eigenvalue weighted by Gasteiger charge is -2.18. The molecular formula is C8H12N4O4. The third-order valence-corrected chi connectivity index (χ3v) is 1.89. The van der Waals surface area contributed by atoms with Gasteiger partial charge in [-0.25, -0.2) is 4.79 Å². The van der Waals surface area contributed by atoms with Crippen molar-refractivity contribution < 1.29 is 14.7 Å². The lowest BCUT2D eigenvalue weighted by Crippen LogP contribution is -2.40. The number of nitrogens with two attached hydrogens (primary N) is 1. The average molecular weight is 228 g/mol. The third kappa shape index (κ3) is 2.87. The molecule has 88 valence electrons. The minimum atomic E-state index is -0.678. The standard InChI is InChI=1S/C8H12N4O4/c1-5(13)11(2-6(9)14)4-12-3-7(15)10-8(12)16/h3,15H,2,4H2,1H3,(H2,9,14)(H,10,16). The molecule has 0 aliphatic heterocycles. The van der Waals surface area contributed by atoms with Crippen LogP contribution >= 0.6 is 0 Å². The van der Waals surface area contributed by atoms with Gasteiger partial charge in [0.15, 0.2) is 0 Å². The number of carbonyl (C=O) groups excluding carboxylic acids is 2. The molecule has 0 spiro atoms. The third-order valence-electron chi connectivity index (χ3n) is 1.89. The largest absolute Gasteiger partial charge is 0.493 e. The fourth-order valence-corrected chi connectivity index (χ4v) is 1.16. The molecule has 0 saturated carbocycles. The predicted octanol–water partition coefficient (Wildman–Crippen LogP) is -1.83. The molecule has 1 rings (SSSR count). The van der Waals surface area contributed by atoms with E-state index in [1.165, 1.54) is 6.92 Å².